The Balaban J connectivity index is 1.40. The maximum absolute atomic E-state index is 13.1. The summed E-state index contributed by atoms with van der Waals surface area (Å²) in [6.07, 6.45) is 2.39. The van der Waals surface area contributed by atoms with Gasteiger partial charge in [0, 0.05) is 25.6 Å². The van der Waals surface area contributed by atoms with Gasteiger partial charge >= 0.3 is 6.03 Å². The molecule has 2 saturated heterocycles. The molecule has 2 heterocycles. The molecule has 24 heavy (non-hydrogen) atoms. The Labute approximate surface area is 142 Å². The van der Waals surface area contributed by atoms with Crippen molar-refractivity contribution in [3.63, 3.8) is 0 Å². The average molecular weight is 336 g/mol. The summed E-state index contributed by atoms with van der Waals surface area (Å²) in [5.41, 5.74) is 0.887. The smallest absolute Gasteiger partial charge is 0.317 e. The van der Waals surface area contributed by atoms with Gasteiger partial charge in [-0.3, -0.25) is 0 Å². The Bertz CT molecular complexity index is 567. The summed E-state index contributed by atoms with van der Waals surface area (Å²) in [7, 11) is 0. The number of hydrogen-bond donors (Lipinski definition) is 1. The van der Waals surface area contributed by atoms with E-state index >= 15 is 0 Å². The Morgan fingerprint density at radius 3 is 2.71 bits per heavy atom. The molecule has 0 unspecified atom stereocenters. The number of urea groups is 1. The summed E-state index contributed by atoms with van der Waals surface area (Å²) in [6, 6.07) is 6.42. The molecular weight excluding hydrogens is 311 g/mol. The van der Waals surface area contributed by atoms with Gasteiger partial charge in [-0.2, -0.15) is 0 Å². The minimum atomic E-state index is -0.486. The van der Waals surface area contributed by atoms with E-state index in [9.17, 15) is 9.18 Å². The normalized spacial score (nSPS) is 21.0. The van der Waals surface area contributed by atoms with Crippen molar-refractivity contribution in [2.45, 2.75) is 32.0 Å². The first-order valence-electron chi connectivity index (χ1n) is 8.62. The van der Waals surface area contributed by atoms with Crippen LogP contribution in [0.3, 0.4) is 0 Å². The van der Waals surface area contributed by atoms with Gasteiger partial charge in [0.2, 0.25) is 0 Å². The minimum absolute atomic E-state index is 0.0525. The molecular formula is C18H25FN2O3. The summed E-state index contributed by atoms with van der Waals surface area (Å²) in [5, 5.41) is 2.92. The number of halogens is 1. The predicted molar refractivity (Wildman–Crippen MR) is 88.1 cm³/mol. The number of benzene rings is 1. The van der Waals surface area contributed by atoms with E-state index in [-0.39, 0.29) is 11.8 Å². The van der Waals surface area contributed by atoms with Gasteiger partial charge < -0.3 is 19.7 Å². The molecule has 0 bridgehead atoms. The molecule has 132 valence electrons. The lowest BCUT2D eigenvalue weighted by Gasteiger charge is -2.39. The molecule has 0 aliphatic carbocycles. The summed E-state index contributed by atoms with van der Waals surface area (Å²) in [5.74, 6) is -0.401. The minimum Gasteiger partial charge on any atom is -0.348 e. The molecule has 1 N–H and O–H groups in total. The highest BCUT2D eigenvalue weighted by atomic mass is 19.1. The number of nitrogens with zero attached hydrogens (tertiary/aromatic N) is 1. The van der Waals surface area contributed by atoms with Gasteiger partial charge in [0.1, 0.15) is 5.82 Å². The molecule has 2 amide bonds. The Morgan fingerprint density at radius 1 is 1.33 bits per heavy atom. The van der Waals surface area contributed by atoms with Crippen molar-refractivity contribution in [2.75, 3.05) is 32.8 Å². The first kappa shape index (κ1) is 17.2. The van der Waals surface area contributed by atoms with Gasteiger partial charge in [-0.15, -0.1) is 0 Å². The molecule has 0 radical (unpaired) electrons. The maximum Gasteiger partial charge on any atom is 0.317 e. The van der Waals surface area contributed by atoms with Gasteiger partial charge in [0.25, 0.3) is 0 Å². The lowest BCUT2D eigenvalue weighted by molar-refractivity contribution is -0.189. The third-order valence-electron chi connectivity index (χ3n) is 4.96. The topological polar surface area (TPSA) is 50.8 Å². The van der Waals surface area contributed by atoms with Crippen LogP contribution >= 0.6 is 0 Å². The molecule has 2 aliphatic rings. The second-order valence-electron chi connectivity index (χ2n) is 6.59. The third-order valence-corrected chi connectivity index (χ3v) is 4.96. The first-order chi connectivity index (χ1) is 11.6. The van der Waals surface area contributed by atoms with E-state index in [1.54, 1.807) is 6.07 Å². The van der Waals surface area contributed by atoms with Crippen molar-refractivity contribution < 1.29 is 18.7 Å². The molecule has 0 spiro atoms. The predicted octanol–water partition coefficient (Wildman–Crippen LogP) is 2.55. The second-order valence-corrected chi connectivity index (χ2v) is 6.59. The summed E-state index contributed by atoms with van der Waals surface area (Å²) in [6.45, 7) is 5.22. The first-order valence-corrected chi connectivity index (χ1v) is 8.62. The highest BCUT2D eigenvalue weighted by Gasteiger charge is 2.41. The Kier molecular flexibility index (Phi) is 5.36. The summed E-state index contributed by atoms with van der Waals surface area (Å²) >= 11 is 0. The van der Waals surface area contributed by atoms with Crippen molar-refractivity contribution in [1.82, 2.24) is 10.2 Å². The van der Waals surface area contributed by atoms with E-state index in [0.29, 0.717) is 45.2 Å². The molecule has 2 aliphatic heterocycles. The van der Waals surface area contributed by atoms with Crippen molar-refractivity contribution in [3.05, 3.63) is 35.6 Å². The Morgan fingerprint density at radius 2 is 2.04 bits per heavy atom. The van der Waals surface area contributed by atoms with Crippen LogP contribution in [0.2, 0.25) is 0 Å². The van der Waals surface area contributed by atoms with Crippen molar-refractivity contribution in [2.24, 2.45) is 5.92 Å². The van der Waals surface area contributed by atoms with E-state index in [1.807, 2.05) is 17.9 Å². The number of hydrogen-bond acceptors (Lipinski definition) is 3. The van der Waals surface area contributed by atoms with Crippen LogP contribution in [0.25, 0.3) is 0 Å². The number of carbonyl (C=O) groups excluding carboxylic acids is 1. The van der Waals surface area contributed by atoms with Crippen LogP contribution in [0.4, 0.5) is 9.18 Å². The lowest BCUT2D eigenvalue weighted by atomic mass is 9.89. The highest BCUT2D eigenvalue weighted by molar-refractivity contribution is 5.74. The molecule has 2 fully saturated rings. The second kappa shape index (κ2) is 7.49. The summed E-state index contributed by atoms with van der Waals surface area (Å²) < 4.78 is 24.6. The monoisotopic (exact) mass is 336 g/mol. The lowest BCUT2D eigenvalue weighted by Crippen LogP contribution is -2.49. The maximum atomic E-state index is 13.1. The number of piperidine rings is 1. The van der Waals surface area contributed by atoms with Crippen molar-refractivity contribution in [1.29, 1.82) is 0 Å². The van der Waals surface area contributed by atoms with E-state index < -0.39 is 5.79 Å². The molecule has 1 aromatic rings. The average Bonchev–Trinajstić information content (AvgIpc) is 3.03. The number of amides is 2. The number of carbonyl (C=O) groups is 1. The van der Waals surface area contributed by atoms with Crippen LogP contribution in [0.5, 0.6) is 0 Å². The fourth-order valence-corrected chi connectivity index (χ4v) is 3.49. The van der Waals surface area contributed by atoms with Crippen LogP contribution in [0.1, 0.15) is 25.3 Å². The molecule has 3 rings (SSSR count). The third kappa shape index (κ3) is 4.05. The number of ether oxygens (including phenoxy) is 2. The van der Waals surface area contributed by atoms with Crippen LogP contribution in [-0.2, 0) is 15.9 Å². The van der Waals surface area contributed by atoms with Gasteiger partial charge in [0.05, 0.1) is 13.2 Å². The zero-order valence-electron chi connectivity index (χ0n) is 14.1. The van der Waals surface area contributed by atoms with Crippen molar-refractivity contribution in [3.8, 4) is 0 Å². The van der Waals surface area contributed by atoms with Crippen LogP contribution in [-0.4, -0.2) is 49.6 Å². The Hall–Kier alpha value is -1.66. The van der Waals surface area contributed by atoms with E-state index in [2.05, 4.69) is 5.32 Å². The van der Waals surface area contributed by atoms with Gasteiger partial charge in [-0.1, -0.05) is 12.1 Å². The van der Waals surface area contributed by atoms with E-state index in [0.717, 1.165) is 18.4 Å². The SMILES string of the molecule is CC1(C2CCN(C(=O)NCCc3cccc(F)c3)CC2)OCCO1. The fraction of sp³-hybridized carbons (Fsp3) is 0.611. The fourth-order valence-electron chi connectivity index (χ4n) is 3.49. The molecule has 5 nitrogen and oxygen atoms in total. The standard InChI is InChI=1S/C18H25FN2O3/c1-18(23-11-12-24-18)15-6-9-21(10-7-15)17(22)20-8-5-14-3-2-4-16(19)13-14/h2-4,13,15H,5-12H2,1H3,(H,20,22). The van der Waals surface area contributed by atoms with Gasteiger partial charge in [-0.25, -0.2) is 9.18 Å². The molecule has 6 heteroatoms. The highest BCUT2D eigenvalue weighted by Crippen LogP contribution is 2.34. The van der Waals surface area contributed by atoms with E-state index in [1.165, 1.54) is 12.1 Å². The molecule has 0 saturated carbocycles. The van der Waals surface area contributed by atoms with Gasteiger partial charge in [-0.05, 0) is 43.9 Å². The molecule has 0 aromatic heterocycles. The number of likely N-dealkylation sites (tertiary alicyclic amines) is 1. The molecule has 0 atom stereocenters. The zero-order chi connectivity index (χ0) is 17.0. The van der Waals surface area contributed by atoms with Crippen LogP contribution in [0.15, 0.2) is 24.3 Å². The van der Waals surface area contributed by atoms with Crippen molar-refractivity contribution >= 4 is 6.03 Å². The number of nitrogens with one attached hydrogen (secondary N) is 1. The van der Waals surface area contributed by atoms with Gasteiger partial charge in [0.15, 0.2) is 5.79 Å². The quantitative estimate of drug-likeness (QED) is 0.919. The molecule has 1 aromatic carbocycles. The van der Waals surface area contributed by atoms with Crippen LogP contribution in [0, 0.1) is 11.7 Å². The number of rotatable bonds is 4. The van der Waals surface area contributed by atoms with E-state index in [4.69, 9.17) is 9.47 Å². The largest absolute Gasteiger partial charge is 0.348 e. The van der Waals surface area contributed by atoms with Crippen LogP contribution < -0.4 is 5.32 Å². The zero-order valence-corrected chi connectivity index (χ0v) is 14.1. The summed E-state index contributed by atoms with van der Waals surface area (Å²) in [4.78, 5) is 14.1.